The molecule has 7 heteroatoms. The summed E-state index contributed by atoms with van der Waals surface area (Å²) in [5.74, 6) is 3.00. The molecule has 0 N–H and O–H groups in total. The Bertz CT molecular complexity index is 1110. The number of ether oxygens (including phenoxy) is 4. The van der Waals surface area contributed by atoms with Crippen LogP contribution in [0.25, 0.3) is 0 Å². The predicted molar refractivity (Wildman–Crippen MR) is 109 cm³/mol. The van der Waals surface area contributed by atoms with Crippen molar-refractivity contribution in [1.29, 1.82) is 0 Å². The highest BCUT2D eigenvalue weighted by atomic mass is 32.1. The third kappa shape index (κ3) is 2.57. The summed E-state index contributed by atoms with van der Waals surface area (Å²) < 4.78 is 23.1. The number of rotatable bonds is 3. The second-order valence-corrected chi connectivity index (χ2v) is 8.03. The van der Waals surface area contributed by atoms with Gasteiger partial charge in [0.05, 0.1) is 23.7 Å². The summed E-state index contributed by atoms with van der Waals surface area (Å²) in [5.41, 5.74) is 3.14. The van der Waals surface area contributed by atoms with E-state index in [1.807, 2.05) is 30.3 Å². The number of methoxy groups -OCH3 is 1. The molecule has 6 rings (SSSR count). The Kier molecular flexibility index (Phi) is 3.70. The molecule has 0 amide bonds. The summed E-state index contributed by atoms with van der Waals surface area (Å²) in [6, 6.07) is 16.2. The lowest BCUT2D eigenvalue weighted by Crippen LogP contribution is -2.33. The maximum absolute atomic E-state index is 6.48. The van der Waals surface area contributed by atoms with Crippen LogP contribution in [0.2, 0.25) is 0 Å². The molecule has 3 aliphatic rings. The van der Waals surface area contributed by atoms with Crippen LogP contribution in [0.15, 0.2) is 59.0 Å². The van der Waals surface area contributed by atoms with Crippen LogP contribution in [0, 0.1) is 0 Å². The molecule has 0 fully saturated rings. The number of thiophene rings is 1. The Morgan fingerprint density at radius 2 is 2.03 bits per heavy atom. The van der Waals surface area contributed by atoms with E-state index in [0.29, 0.717) is 0 Å². The highest BCUT2D eigenvalue weighted by molar-refractivity contribution is 7.12. The summed E-state index contributed by atoms with van der Waals surface area (Å²) in [6.07, 6.45) is 0.446. The van der Waals surface area contributed by atoms with E-state index in [9.17, 15) is 0 Å². The second kappa shape index (κ2) is 6.42. The van der Waals surface area contributed by atoms with Gasteiger partial charge in [0.25, 0.3) is 0 Å². The van der Waals surface area contributed by atoms with Gasteiger partial charge in [-0.15, -0.1) is 11.3 Å². The normalized spacial score (nSPS) is 21.3. The van der Waals surface area contributed by atoms with Crippen molar-refractivity contribution < 1.29 is 18.9 Å². The van der Waals surface area contributed by atoms with Gasteiger partial charge in [-0.1, -0.05) is 18.2 Å². The van der Waals surface area contributed by atoms with E-state index in [-0.39, 0.29) is 19.1 Å². The summed E-state index contributed by atoms with van der Waals surface area (Å²) in [4.78, 5) is 1.19. The molecule has 0 bridgehead atoms. The minimum atomic E-state index is -0.379. The lowest BCUT2D eigenvalue weighted by atomic mass is 9.97. The third-order valence-corrected chi connectivity index (χ3v) is 6.41. The maximum Gasteiger partial charge on any atom is 0.231 e. The first-order chi connectivity index (χ1) is 14.3. The van der Waals surface area contributed by atoms with Crippen LogP contribution in [0.3, 0.4) is 0 Å². The largest absolute Gasteiger partial charge is 0.493 e. The summed E-state index contributed by atoms with van der Waals surface area (Å²) in [5, 5.41) is 9.13. The van der Waals surface area contributed by atoms with Gasteiger partial charge in [-0.3, -0.25) is 0 Å². The summed E-state index contributed by atoms with van der Waals surface area (Å²) in [6.45, 7) is 0.244. The van der Waals surface area contributed by atoms with E-state index in [0.717, 1.165) is 46.3 Å². The molecule has 0 unspecified atom stereocenters. The van der Waals surface area contributed by atoms with Gasteiger partial charge >= 0.3 is 0 Å². The van der Waals surface area contributed by atoms with E-state index in [1.165, 1.54) is 4.88 Å². The number of nitrogens with zero attached hydrogens (tertiary/aromatic N) is 2. The van der Waals surface area contributed by atoms with Gasteiger partial charge in [-0.25, -0.2) is 5.01 Å². The van der Waals surface area contributed by atoms with Crippen LogP contribution in [-0.4, -0.2) is 24.6 Å². The van der Waals surface area contributed by atoms with Crippen LogP contribution in [0.5, 0.6) is 23.0 Å². The average molecular weight is 406 g/mol. The third-order valence-electron chi connectivity index (χ3n) is 5.49. The van der Waals surface area contributed by atoms with Crippen LogP contribution >= 0.6 is 11.3 Å². The number of fused-ring (bicyclic) bond motifs is 4. The Hall–Kier alpha value is -3.19. The summed E-state index contributed by atoms with van der Waals surface area (Å²) >= 11 is 1.71. The van der Waals surface area contributed by atoms with E-state index in [2.05, 4.69) is 28.6 Å². The van der Waals surface area contributed by atoms with E-state index >= 15 is 0 Å². The van der Waals surface area contributed by atoms with Gasteiger partial charge in [0.1, 0.15) is 0 Å². The first-order valence-electron chi connectivity index (χ1n) is 9.44. The van der Waals surface area contributed by atoms with Crippen molar-refractivity contribution in [2.24, 2.45) is 5.10 Å². The highest BCUT2D eigenvalue weighted by Gasteiger charge is 2.42. The molecule has 146 valence electrons. The van der Waals surface area contributed by atoms with Gasteiger partial charge in [0, 0.05) is 17.5 Å². The van der Waals surface area contributed by atoms with Gasteiger partial charge in [0.15, 0.2) is 23.0 Å². The smallest absolute Gasteiger partial charge is 0.231 e. The van der Waals surface area contributed by atoms with Crippen molar-refractivity contribution in [3.8, 4) is 23.0 Å². The zero-order valence-electron chi connectivity index (χ0n) is 15.7. The number of hydrogen-bond acceptors (Lipinski definition) is 7. The van der Waals surface area contributed by atoms with Crippen molar-refractivity contribution in [2.75, 3.05) is 13.9 Å². The highest BCUT2D eigenvalue weighted by Crippen LogP contribution is 2.51. The zero-order valence-corrected chi connectivity index (χ0v) is 16.5. The standard InChI is InChI=1S/C22H18N2O4S/c1-25-18-5-2-4-14-16-11-15(20-6-3-9-29-20)23-24(16)22(28-21(14)18)13-7-8-17-19(10-13)27-12-26-17/h2-10,16,22H,11-12H2,1H3/t16-,22+/m1/s1. The SMILES string of the molecule is COc1cccc2c1O[C@@H](c1ccc3c(c1)OCO3)N1N=C(c3cccs3)C[C@H]21. The quantitative estimate of drug-likeness (QED) is 0.630. The van der Waals surface area contributed by atoms with E-state index in [4.69, 9.17) is 24.0 Å². The lowest BCUT2D eigenvalue weighted by Gasteiger charge is -2.38. The molecule has 2 atom stereocenters. The van der Waals surface area contributed by atoms with Gasteiger partial charge < -0.3 is 18.9 Å². The Balaban J connectivity index is 1.48. The Morgan fingerprint density at radius 3 is 2.90 bits per heavy atom. The van der Waals surface area contributed by atoms with Crippen LogP contribution < -0.4 is 18.9 Å². The fourth-order valence-corrected chi connectivity index (χ4v) is 4.84. The van der Waals surface area contributed by atoms with Gasteiger partial charge in [-0.2, -0.15) is 5.10 Å². The second-order valence-electron chi connectivity index (χ2n) is 7.09. The molecule has 0 radical (unpaired) electrons. The van der Waals surface area contributed by atoms with E-state index in [1.54, 1.807) is 18.4 Å². The molecule has 2 aromatic carbocycles. The van der Waals surface area contributed by atoms with Crippen molar-refractivity contribution in [3.63, 3.8) is 0 Å². The molecule has 4 heterocycles. The van der Waals surface area contributed by atoms with Crippen molar-refractivity contribution in [1.82, 2.24) is 5.01 Å². The van der Waals surface area contributed by atoms with Crippen LogP contribution in [0.4, 0.5) is 0 Å². The van der Waals surface area contributed by atoms with Crippen molar-refractivity contribution in [2.45, 2.75) is 18.7 Å². The fraction of sp³-hybridized carbons (Fsp3) is 0.227. The van der Waals surface area contributed by atoms with Gasteiger partial charge in [0.2, 0.25) is 13.0 Å². The van der Waals surface area contributed by atoms with Crippen molar-refractivity contribution in [3.05, 3.63) is 69.9 Å². The molecular formula is C22H18N2O4S. The molecule has 0 spiro atoms. The summed E-state index contributed by atoms with van der Waals surface area (Å²) in [7, 11) is 1.67. The predicted octanol–water partition coefficient (Wildman–Crippen LogP) is 4.73. The first-order valence-corrected chi connectivity index (χ1v) is 10.3. The molecular weight excluding hydrogens is 388 g/mol. The zero-order chi connectivity index (χ0) is 19.4. The molecule has 0 saturated carbocycles. The Labute approximate surface area is 171 Å². The molecule has 6 nitrogen and oxygen atoms in total. The van der Waals surface area contributed by atoms with Crippen LogP contribution in [-0.2, 0) is 0 Å². The lowest BCUT2D eigenvalue weighted by molar-refractivity contribution is -0.0209. The monoisotopic (exact) mass is 406 g/mol. The molecule has 0 saturated heterocycles. The maximum atomic E-state index is 6.48. The average Bonchev–Trinajstić information content (AvgIpc) is 3.52. The topological polar surface area (TPSA) is 52.5 Å². The van der Waals surface area contributed by atoms with Crippen LogP contribution in [0.1, 0.15) is 34.7 Å². The number of benzene rings is 2. The minimum Gasteiger partial charge on any atom is -0.493 e. The Morgan fingerprint density at radius 1 is 1.10 bits per heavy atom. The fourth-order valence-electron chi connectivity index (χ4n) is 4.12. The van der Waals surface area contributed by atoms with Gasteiger partial charge in [-0.05, 0) is 35.7 Å². The van der Waals surface area contributed by atoms with Crippen molar-refractivity contribution >= 4 is 17.0 Å². The molecule has 3 aromatic rings. The van der Waals surface area contributed by atoms with E-state index < -0.39 is 0 Å². The minimum absolute atomic E-state index is 0.0846. The number of para-hydroxylation sites is 1. The molecule has 0 aliphatic carbocycles. The molecule has 3 aliphatic heterocycles. The first kappa shape index (κ1) is 16.7. The number of hydrazone groups is 1. The molecule has 1 aromatic heterocycles. The molecule has 29 heavy (non-hydrogen) atoms. The number of hydrogen-bond donors (Lipinski definition) is 0.